The number of carbonyl (C=O) groups excluding carboxylic acids is 1. The molecule has 1 aromatic carbocycles. The van der Waals surface area contributed by atoms with Gasteiger partial charge in [0.1, 0.15) is 0 Å². The average molecular weight is 343 g/mol. The summed E-state index contributed by atoms with van der Waals surface area (Å²) in [6.45, 7) is 3.78. The van der Waals surface area contributed by atoms with Crippen molar-refractivity contribution in [2.24, 2.45) is 0 Å². The number of carbonyl (C=O) groups is 1. The molecule has 2 N–H and O–H groups in total. The van der Waals surface area contributed by atoms with Crippen LogP contribution in [0.2, 0.25) is 5.02 Å². The maximum absolute atomic E-state index is 11.5. The van der Waals surface area contributed by atoms with Gasteiger partial charge in [-0.15, -0.1) is 10.2 Å². The van der Waals surface area contributed by atoms with Crippen LogP contribution in [0.5, 0.6) is 0 Å². The van der Waals surface area contributed by atoms with Crippen LogP contribution in [0.3, 0.4) is 0 Å². The van der Waals surface area contributed by atoms with E-state index in [0.29, 0.717) is 10.2 Å². The van der Waals surface area contributed by atoms with E-state index in [4.69, 9.17) is 11.6 Å². The summed E-state index contributed by atoms with van der Waals surface area (Å²) in [4.78, 5) is 11.5. The van der Waals surface area contributed by atoms with Crippen LogP contribution in [0, 0.1) is 6.92 Å². The topological polar surface area (TPSA) is 66.9 Å². The number of aromatic nitrogens is 2. The molecule has 0 fully saturated rings. The number of aryl methyl sites for hydroxylation is 1. The van der Waals surface area contributed by atoms with Crippen LogP contribution in [0.15, 0.2) is 22.5 Å². The number of hydrogen-bond acceptors (Lipinski definition) is 6. The fourth-order valence-corrected chi connectivity index (χ4v) is 3.67. The van der Waals surface area contributed by atoms with Crippen molar-refractivity contribution in [1.29, 1.82) is 0 Å². The molecule has 2 aromatic rings. The van der Waals surface area contributed by atoms with Gasteiger partial charge >= 0.3 is 0 Å². The quantitative estimate of drug-likeness (QED) is 0.814. The molecule has 21 heavy (non-hydrogen) atoms. The van der Waals surface area contributed by atoms with Crippen molar-refractivity contribution in [1.82, 2.24) is 15.5 Å². The number of halogens is 1. The number of nitrogens with zero attached hydrogens (tertiary/aromatic N) is 2. The third-order valence-corrected chi connectivity index (χ3v) is 5.15. The van der Waals surface area contributed by atoms with Gasteiger partial charge in [-0.1, -0.05) is 40.8 Å². The first-order valence-electron chi connectivity index (χ1n) is 6.24. The van der Waals surface area contributed by atoms with Crippen molar-refractivity contribution in [3.63, 3.8) is 0 Å². The molecule has 112 valence electrons. The van der Waals surface area contributed by atoms with Gasteiger partial charge in [0.25, 0.3) is 0 Å². The first-order chi connectivity index (χ1) is 9.99. The van der Waals surface area contributed by atoms with Crippen molar-refractivity contribution in [2.75, 3.05) is 12.4 Å². The smallest absolute Gasteiger partial charge is 0.233 e. The summed E-state index contributed by atoms with van der Waals surface area (Å²) < 4.78 is 0.742. The van der Waals surface area contributed by atoms with Crippen LogP contribution in [0.25, 0.3) is 0 Å². The molecule has 1 amide bonds. The van der Waals surface area contributed by atoms with Gasteiger partial charge in [-0.05, 0) is 31.5 Å². The highest BCUT2D eigenvalue weighted by molar-refractivity contribution is 8.02. The minimum absolute atomic E-state index is 0.0324. The normalized spacial score (nSPS) is 12.0. The second kappa shape index (κ2) is 7.11. The maximum Gasteiger partial charge on any atom is 0.233 e. The molecule has 0 unspecified atom stereocenters. The van der Waals surface area contributed by atoms with Crippen LogP contribution in [-0.4, -0.2) is 28.4 Å². The van der Waals surface area contributed by atoms with Gasteiger partial charge in [-0.2, -0.15) is 0 Å². The van der Waals surface area contributed by atoms with E-state index in [2.05, 4.69) is 20.8 Å². The first-order valence-corrected chi connectivity index (χ1v) is 8.32. The second-order valence-electron chi connectivity index (χ2n) is 4.34. The molecule has 0 saturated heterocycles. The summed E-state index contributed by atoms with van der Waals surface area (Å²) in [7, 11) is 1.62. The zero-order valence-corrected chi connectivity index (χ0v) is 14.2. The van der Waals surface area contributed by atoms with Crippen molar-refractivity contribution < 1.29 is 4.79 Å². The molecular weight excluding hydrogens is 328 g/mol. The van der Waals surface area contributed by atoms with Gasteiger partial charge in [0.05, 0.1) is 5.25 Å². The number of nitrogens with one attached hydrogen (secondary N) is 2. The van der Waals surface area contributed by atoms with Gasteiger partial charge in [0.2, 0.25) is 11.0 Å². The minimum atomic E-state index is -0.204. The molecule has 0 aliphatic rings. The van der Waals surface area contributed by atoms with Crippen LogP contribution in [-0.2, 0) is 4.79 Å². The van der Waals surface area contributed by atoms with E-state index < -0.39 is 0 Å². The van der Waals surface area contributed by atoms with Gasteiger partial charge in [-0.25, -0.2) is 0 Å². The van der Waals surface area contributed by atoms with E-state index in [1.807, 2.05) is 32.0 Å². The SMILES string of the molecule is CNC(=O)[C@@H](C)Sc1nnc(Nc2ccc(C)c(Cl)c2)s1. The van der Waals surface area contributed by atoms with Crippen LogP contribution < -0.4 is 10.6 Å². The highest BCUT2D eigenvalue weighted by atomic mass is 35.5. The lowest BCUT2D eigenvalue weighted by atomic mass is 10.2. The molecule has 2 rings (SSSR count). The highest BCUT2D eigenvalue weighted by Gasteiger charge is 2.15. The third-order valence-electron chi connectivity index (χ3n) is 2.72. The molecule has 0 aliphatic heterocycles. The monoisotopic (exact) mass is 342 g/mol. The lowest BCUT2D eigenvalue weighted by molar-refractivity contribution is -0.119. The summed E-state index contributed by atoms with van der Waals surface area (Å²) in [5, 5.41) is 15.1. The molecule has 0 radical (unpaired) electrons. The predicted octanol–water partition coefficient (Wildman–Crippen LogP) is 3.47. The molecule has 0 saturated carbocycles. The predicted molar refractivity (Wildman–Crippen MR) is 88.8 cm³/mol. The van der Waals surface area contributed by atoms with E-state index in [-0.39, 0.29) is 11.2 Å². The van der Waals surface area contributed by atoms with Crippen molar-refractivity contribution in [2.45, 2.75) is 23.4 Å². The van der Waals surface area contributed by atoms with Gasteiger partial charge in [0.15, 0.2) is 4.34 Å². The molecule has 0 spiro atoms. The van der Waals surface area contributed by atoms with Gasteiger partial charge < -0.3 is 10.6 Å². The van der Waals surface area contributed by atoms with Crippen molar-refractivity contribution in [3.8, 4) is 0 Å². The van der Waals surface area contributed by atoms with E-state index in [0.717, 1.165) is 15.6 Å². The Kier molecular flexibility index (Phi) is 5.44. The molecule has 8 heteroatoms. The fourth-order valence-electron chi connectivity index (χ4n) is 1.51. The van der Waals surface area contributed by atoms with Crippen molar-refractivity contribution >= 4 is 51.4 Å². The number of rotatable bonds is 5. The Morgan fingerprint density at radius 2 is 2.19 bits per heavy atom. The Morgan fingerprint density at radius 1 is 1.43 bits per heavy atom. The summed E-state index contributed by atoms with van der Waals surface area (Å²) in [5.41, 5.74) is 1.88. The number of benzene rings is 1. The zero-order valence-electron chi connectivity index (χ0n) is 11.8. The lowest BCUT2D eigenvalue weighted by Gasteiger charge is -2.06. The van der Waals surface area contributed by atoms with Crippen LogP contribution in [0.4, 0.5) is 10.8 Å². The molecule has 1 heterocycles. The van der Waals surface area contributed by atoms with E-state index in [9.17, 15) is 4.79 Å². The summed E-state index contributed by atoms with van der Waals surface area (Å²) in [5.74, 6) is -0.0324. The zero-order chi connectivity index (χ0) is 15.4. The first kappa shape index (κ1) is 16.1. The molecule has 5 nitrogen and oxygen atoms in total. The Morgan fingerprint density at radius 3 is 2.86 bits per heavy atom. The number of anilines is 2. The summed E-state index contributed by atoms with van der Waals surface area (Å²) in [6, 6.07) is 5.72. The molecule has 0 aliphatic carbocycles. The van der Waals surface area contributed by atoms with Gasteiger partial charge in [-0.3, -0.25) is 4.79 Å². The minimum Gasteiger partial charge on any atom is -0.358 e. The number of thioether (sulfide) groups is 1. The Balaban J connectivity index is 2.02. The van der Waals surface area contributed by atoms with E-state index in [1.54, 1.807) is 7.05 Å². The summed E-state index contributed by atoms with van der Waals surface area (Å²) >= 11 is 8.86. The van der Waals surface area contributed by atoms with Crippen LogP contribution >= 0.6 is 34.7 Å². The Labute approximate surface area is 136 Å². The van der Waals surface area contributed by atoms with Gasteiger partial charge in [0, 0.05) is 17.8 Å². The standard InChI is InChI=1S/C13H15ClN4OS2/c1-7-4-5-9(6-10(7)14)16-12-17-18-13(21-12)20-8(2)11(19)15-3/h4-6,8H,1-3H3,(H,15,19)(H,16,17)/t8-/m1/s1. The molecule has 1 aromatic heterocycles. The van der Waals surface area contributed by atoms with Crippen molar-refractivity contribution in [3.05, 3.63) is 28.8 Å². The van der Waals surface area contributed by atoms with E-state index >= 15 is 0 Å². The van der Waals surface area contributed by atoms with E-state index in [1.165, 1.54) is 23.1 Å². The third kappa shape index (κ3) is 4.33. The number of amides is 1. The second-order valence-corrected chi connectivity index (χ2v) is 7.31. The van der Waals surface area contributed by atoms with Crippen LogP contribution in [0.1, 0.15) is 12.5 Å². The molecular formula is C13H15ClN4OS2. The largest absolute Gasteiger partial charge is 0.358 e. The molecule has 1 atom stereocenters. The lowest BCUT2D eigenvalue weighted by Crippen LogP contribution is -2.27. The average Bonchev–Trinajstić information content (AvgIpc) is 2.89. The maximum atomic E-state index is 11.5. The highest BCUT2D eigenvalue weighted by Crippen LogP contribution is 2.31. The molecule has 0 bridgehead atoms. The summed E-state index contributed by atoms with van der Waals surface area (Å²) in [6.07, 6.45) is 0. The number of hydrogen-bond donors (Lipinski definition) is 2. The Bertz CT molecular complexity index is 647. The fraction of sp³-hybridized carbons (Fsp3) is 0.308. The Hall–Kier alpha value is -1.31.